The molecule has 1 unspecified atom stereocenters. The standard InChI is InChI=1S/C11H23NO2/c1-10(2,8-13)7-12-6-5-9(14)11(12,3)4/h9,13-14H,5-8H2,1-4H3. The highest BCUT2D eigenvalue weighted by atomic mass is 16.3. The predicted octanol–water partition coefficient (Wildman–Crippen LogP) is 0.850. The van der Waals surface area contributed by atoms with Gasteiger partial charge in [-0.1, -0.05) is 13.8 Å². The molecule has 1 atom stereocenters. The molecule has 0 aromatic carbocycles. The highest BCUT2D eigenvalue weighted by Crippen LogP contribution is 2.31. The van der Waals surface area contributed by atoms with Crippen molar-refractivity contribution in [2.24, 2.45) is 5.41 Å². The fraction of sp³-hybridized carbons (Fsp3) is 1.00. The predicted molar refractivity (Wildman–Crippen MR) is 57.1 cm³/mol. The Morgan fingerprint density at radius 3 is 2.36 bits per heavy atom. The van der Waals surface area contributed by atoms with Gasteiger partial charge in [0.1, 0.15) is 0 Å². The second-order valence-corrected chi connectivity index (χ2v) is 5.70. The molecule has 14 heavy (non-hydrogen) atoms. The first-order valence-electron chi connectivity index (χ1n) is 5.33. The van der Waals surface area contributed by atoms with Gasteiger partial charge in [0, 0.05) is 30.7 Å². The normalized spacial score (nSPS) is 28.3. The third-order valence-corrected chi connectivity index (χ3v) is 3.35. The lowest BCUT2D eigenvalue weighted by Crippen LogP contribution is -2.49. The summed E-state index contributed by atoms with van der Waals surface area (Å²) >= 11 is 0. The van der Waals surface area contributed by atoms with Gasteiger partial charge in [-0.05, 0) is 20.3 Å². The summed E-state index contributed by atoms with van der Waals surface area (Å²) < 4.78 is 0. The van der Waals surface area contributed by atoms with Crippen LogP contribution in [0, 0.1) is 5.41 Å². The molecule has 0 saturated carbocycles. The molecule has 3 nitrogen and oxygen atoms in total. The molecule has 1 fully saturated rings. The molecule has 1 aliphatic rings. The number of hydrogen-bond donors (Lipinski definition) is 2. The quantitative estimate of drug-likeness (QED) is 0.711. The Balaban J connectivity index is 2.63. The van der Waals surface area contributed by atoms with E-state index in [2.05, 4.69) is 18.7 Å². The van der Waals surface area contributed by atoms with E-state index in [-0.39, 0.29) is 23.7 Å². The minimum absolute atomic E-state index is 0.0820. The highest BCUT2D eigenvalue weighted by molar-refractivity contribution is 4.96. The molecule has 1 saturated heterocycles. The fourth-order valence-corrected chi connectivity index (χ4v) is 1.98. The second kappa shape index (κ2) is 3.80. The molecule has 1 aliphatic heterocycles. The van der Waals surface area contributed by atoms with Crippen LogP contribution in [-0.4, -0.2) is 46.5 Å². The Hall–Kier alpha value is -0.120. The third kappa shape index (κ3) is 2.27. The molecule has 3 heteroatoms. The molecular weight excluding hydrogens is 178 g/mol. The molecule has 2 N–H and O–H groups in total. The average Bonchev–Trinajstić information content (AvgIpc) is 2.32. The molecule has 84 valence electrons. The molecule has 1 rings (SSSR count). The summed E-state index contributed by atoms with van der Waals surface area (Å²) in [5.74, 6) is 0. The van der Waals surface area contributed by atoms with Crippen LogP contribution in [0.15, 0.2) is 0 Å². The molecule has 0 aromatic rings. The number of aliphatic hydroxyl groups excluding tert-OH is 2. The molecule has 0 aromatic heterocycles. The number of rotatable bonds is 3. The van der Waals surface area contributed by atoms with Crippen molar-refractivity contribution < 1.29 is 10.2 Å². The summed E-state index contributed by atoms with van der Waals surface area (Å²) in [7, 11) is 0. The maximum atomic E-state index is 9.79. The van der Waals surface area contributed by atoms with Crippen molar-refractivity contribution in [3.05, 3.63) is 0 Å². The van der Waals surface area contributed by atoms with Gasteiger partial charge in [0.05, 0.1) is 6.10 Å². The van der Waals surface area contributed by atoms with Gasteiger partial charge in [-0.3, -0.25) is 4.90 Å². The van der Waals surface area contributed by atoms with Gasteiger partial charge in [0.2, 0.25) is 0 Å². The van der Waals surface area contributed by atoms with Crippen LogP contribution in [0.1, 0.15) is 34.1 Å². The van der Waals surface area contributed by atoms with Crippen LogP contribution in [-0.2, 0) is 0 Å². The minimum atomic E-state index is -0.239. The third-order valence-electron chi connectivity index (χ3n) is 3.35. The van der Waals surface area contributed by atoms with Crippen molar-refractivity contribution >= 4 is 0 Å². The summed E-state index contributed by atoms with van der Waals surface area (Å²) in [4.78, 5) is 2.27. The summed E-state index contributed by atoms with van der Waals surface area (Å²) in [6, 6.07) is 0. The first kappa shape index (κ1) is 12.0. The van der Waals surface area contributed by atoms with Crippen molar-refractivity contribution in [1.82, 2.24) is 4.90 Å². The van der Waals surface area contributed by atoms with Gasteiger partial charge >= 0.3 is 0 Å². The Morgan fingerprint density at radius 1 is 1.43 bits per heavy atom. The summed E-state index contributed by atoms with van der Waals surface area (Å²) in [6.07, 6.45) is 0.603. The van der Waals surface area contributed by atoms with Gasteiger partial charge in [0.15, 0.2) is 0 Å². The van der Waals surface area contributed by atoms with E-state index in [1.165, 1.54) is 0 Å². The molecule has 0 bridgehead atoms. The van der Waals surface area contributed by atoms with E-state index in [0.29, 0.717) is 0 Å². The van der Waals surface area contributed by atoms with E-state index in [1.807, 2.05) is 13.8 Å². The zero-order chi connectivity index (χ0) is 11.0. The zero-order valence-electron chi connectivity index (χ0n) is 9.75. The topological polar surface area (TPSA) is 43.7 Å². The Bertz CT molecular complexity index is 201. The van der Waals surface area contributed by atoms with E-state index in [0.717, 1.165) is 19.5 Å². The zero-order valence-corrected chi connectivity index (χ0v) is 9.75. The van der Waals surface area contributed by atoms with Crippen LogP contribution in [0.5, 0.6) is 0 Å². The van der Waals surface area contributed by atoms with Crippen LogP contribution < -0.4 is 0 Å². The van der Waals surface area contributed by atoms with Gasteiger partial charge in [0.25, 0.3) is 0 Å². The first-order chi connectivity index (χ1) is 6.29. The monoisotopic (exact) mass is 201 g/mol. The Kier molecular flexibility index (Phi) is 3.24. The van der Waals surface area contributed by atoms with E-state index in [4.69, 9.17) is 0 Å². The molecule has 0 spiro atoms. The summed E-state index contributed by atoms with van der Waals surface area (Å²) in [5, 5.41) is 19.0. The summed E-state index contributed by atoms with van der Waals surface area (Å²) in [5.41, 5.74) is -0.228. The van der Waals surface area contributed by atoms with E-state index in [9.17, 15) is 10.2 Å². The number of aliphatic hydroxyl groups is 2. The molecule has 0 radical (unpaired) electrons. The van der Waals surface area contributed by atoms with Gasteiger partial charge in [-0.25, -0.2) is 0 Å². The number of nitrogens with zero attached hydrogens (tertiary/aromatic N) is 1. The smallest absolute Gasteiger partial charge is 0.0730 e. The van der Waals surface area contributed by atoms with Crippen LogP contribution in [0.4, 0.5) is 0 Å². The largest absolute Gasteiger partial charge is 0.396 e. The maximum absolute atomic E-state index is 9.79. The van der Waals surface area contributed by atoms with Crippen molar-refractivity contribution in [1.29, 1.82) is 0 Å². The number of likely N-dealkylation sites (tertiary alicyclic amines) is 1. The highest BCUT2D eigenvalue weighted by Gasteiger charge is 2.41. The Morgan fingerprint density at radius 2 is 2.00 bits per heavy atom. The molecular formula is C11H23NO2. The van der Waals surface area contributed by atoms with Crippen molar-refractivity contribution in [2.75, 3.05) is 19.7 Å². The van der Waals surface area contributed by atoms with Gasteiger partial charge < -0.3 is 10.2 Å². The van der Waals surface area contributed by atoms with Gasteiger partial charge in [-0.15, -0.1) is 0 Å². The SMILES string of the molecule is CC(C)(CO)CN1CCC(O)C1(C)C. The van der Waals surface area contributed by atoms with Crippen molar-refractivity contribution in [2.45, 2.75) is 45.8 Å². The van der Waals surface area contributed by atoms with Crippen LogP contribution in [0.3, 0.4) is 0 Å². The average molecular weight is 201 g/mol. The van der Waals surface area contributed by atoms with Crippen LogP contribution in [0.25, 0.3) is 0 Å². The summed E-state index contributed by atoms with van der Waals surface area (Å²) in [6.45, 7) is 10.2. The lowest BCUT2D eigenvalue weighted by molar-refractivity contribution is 0.0212. The molecule has 1 heterocycles. The van der Waals surface area contributed by atoms with Crippen molar-refractivity contribution in [3.8, 4) is 0 Å². The van der Waals surface area contributed by atoms with Crippen molar-refractivity contribution in [3.63, 3.8) is 0 Å². The lowest BCUT2D eigenvalue weighted by Gasteiger charge is -2.38. The Labute approximate surface area is 86.7 Å². The van der Waals surface area contributed by atoms with Crippen LogP contribution in [0.2, 0.25) is 0 Å². The van der Waals surface area contributed by atoms with E-state index >= 15 is 0 Å². The second-order valence-electron chi connectivity index (χ2n) is 5.70. The van der Waals surface area contributed by atoms with Gasteiger partial charge in [-0.2, -0.15) is 0 Å². The lowest BCUT2D eigenvalue weighted by atomic mass is 9.91. The minimum Gasteiger partial charge on any atom is -0.396 e. The number of hydrogen-bond acceptors (Lipinski definition) is 3. The van der Waals surface area contributed by atoms with Crippen LogP contribution >= 0.6 is 0 Å². The first-order valence-corrected chi connectivity index (χ1v) is 5.33. The van der Waals surface area contributed by atoms with E-state index in [1.54, 1.807) is 0 Å². The molecule has 0 amide bonds. The fourth-order valence-electron chi connectivity index (χ4n) is 1.98. The van der Waals surface area contributed by atoms with E-state index < -0.39 is 0 Å². The molecule has 0 aliphatic carbocycles. The maximum Gasteiger partial charge on any atom is 0.0730 e.